The molecule has 1 heterocycles. The van der Waals surface area contributed by atoms with E-state index < -0.39 is 16.1 Å². The van der Waals surface area contributed by atoms with Crippen LogP contribution in [0.1, 0.15) is 31.7 Å². The van der Waals surface area contributed by atoms with Crippen LogP contribution in [0, 0.1) is 0 Å². The number of sulfonamides is 1. The van der Waals surface area contributed by atoms with E-state index in [2.05, 4.69) is 12.2 Å². The lowest BCUT2D eigenvalue weighted by Gasteiger charge is -2.33. The molecule has 144 valence electrons. The number of carbonyl (C=O) groups is 1. The fraction of sp³-hybridized carbons (Fsp3) is 0.350. The van der Waals surface area contributed by atoms with E-state index in [0.29, 0.717) is 23.7 Å². The lowest BCUT2D eigenvalue weighted by molar-refractivity contribution is -0.120. The molecule has 3 rings (SSSR count). The number of amides is 1. The molecular weight excluding hydrogens is 384 g/mol. The second kappa shape index (κ2) is 8.42. The van der Waals surface area contributed by atoms with E-state index in [4.69, 9.17) is 11.6 Å². The normalized spacial score (nSPS) is 18.2. The van der Waals surface area contributed by atoms with Crippen LogP contribution in [0.25, 0.3) is 0 Å². The number of carbonyl (C=O) groups excluding carboxylic acids is 1. The van der Waals surface area contributed by atoms with E-state index in [1.54, 1.807) is 12.1 Å². The fourth-order valence-electron chi connectivity index (χ4n) is 3.25. The number of nitrogens with zero attached hydrogens (tertiary/aromatic N) is 1. The average Bonchev–Trinajstić information content (AvgIpc) is 2.69. The van der Waals surface area contributed by atoms with Gasteiger partial charge in [0.1, 0.15) is 6.04 Å². The van der Waals surface area contributed by atoms with Crippen LogP contribution in [0.3, 0.4) is 0 Å². The maximum atomic E-state index is 13.1. The Morgan fingerprint density at radius 1 is 1.11 bits per heavy atom. The Morgan fingerprint density at radius 2 is 1.78 bits per heavy atom. The van der Waals surface area contributed by atoms with Gasteiger partial charge in [-0.05, 0) is 61.2 Å². The van der Waals surface area contributed by atoms with Gasteiger partial charge in [-0.25, -0.2) is 8.42 Å². The highest BCUT2D eigenvalue weighted by Gasteiger charge is 2.37. The van der Waals surface area contributed by atoms with Crippen molar-refractivity contribution in [2.75, 3.05) is 11.9 Å². The Kier molecular flexibility index (Phi) is 6.19. The predicted molar refractivity (Wildman–Crippen MR) is 107 cm³/mol. The minimum absolute atomic E-state index is 0.152. The maximum Gasteiger partial charge on any atom is 0.243 e. The molecule has 0 spiro atoms. The lowest BCUT2D eigenvalue weighted by atomic mass is 10.0. The molecule has 2 aromatic rings. The van der Waals surface area contributed by atoms with E-state index >= 15 is 0 Å². The molecule has 0 radical (unpaired) electrons. The molecule has 0 aliphatic carbocycles. The zero-order valence-corrected chi connectivity index (χ0v) is 16.8. The van der Waals surface area contributed by atoms with Gasteiger partial charge in [0.05, 0.1) is 4.90 Å². The van der Waals surface area contributed by atoms with Gasteiger partial charge < -0.3 is 5.32 Å². The Bertz CT molecular complexity index is 896. The molecule has 27 heavy (non-hydrogen) atoms. The van der Waals surface area contributed by atoms with Gasteiger partial charge in [0, 0.05) is 17.3 Å². The molecule has 1 aliphatic heterocycles. The highest BCUT2D eigenvalue weighted by molar-refractivity contribution is 7.89. The van der Waals surface area contributed by atoms with Crippen molar-refractivity contribution in [3.63, 3.8) is 0 Å². The fourth-order valence-corrected chi connectivity index (χ4v) is 5.03. The van der Waals surface area contributed by atoms with Gasteiger partial charge in [-0.1, -0.05) is 37.1 Å². The molecule has 2 aromatic carbocycles. The second-order valence-electron chi connectivity index (χ2n) is 6.62. The Hall–Kier alpha value is -1.89. The molecule has 5 nitrogen and oxygen atoms in total. The zero-order valence-electron chi connectivity index (χ0n) is 15.2. The van der Waals surface area contributed by atoms with Crippen LogP contribution in [0.2, 0.25) is 5.02 Å². The molecule has 1 atom stereocenters. The first-order chi connectivity index (χ1) is 12.9. The summed E-state index contributed by atoms with van der Waals surface area (Å²) < 4.78 is 27.4. The Morgan fingerprint density at radius 3 is 2.41 bits per heavy atom. The van der Waals surface area contributed by atoms with Crippen molar-refractivity contribution in [1.29, 1.82) is 0 Å². The van der Waals surface area contributed by atoms with Crippen LogP contribution in [-0.2, 0) is 21.2 Å². The monoisotopic (exact) mass is 406 g/mol. The van der Waals surface area contributed by atoms with Crippen molar-refractivity contribution < 1.29 is 13.2 Å². The number of rotatable bonds is 5. The van der Waals surface area contributed by atoms with Gasteiger partial charge in [-0.3, -0.25) is 4.79 Å². The van der Waals surface area contributed by atoms with E-state index in [0.717, 1.165) is 19.3 Å². The highest BCUT2D eigenvalue weighted by atomic mass is 35.5. The third kappa shape index (κ3) is 4.51. The summed E-state index contributed by atoms with van der Waals surface area (Å²) in [6.45, 7) is 2.40. The van der Waals surface area contributed by atoms with E-state index in [1.807, 2.05) is 24.3 Å². The molecule has 1 aliphatic rings. The summed E-state index contributed by atoms with van der Waals surface area (Å²) in [7, 11) is -3.76. The number of nitrogens with one attached hydrogen (secondary N) is 1. The topological polar surface area (TPSA) is 66.5 Å². The third-order valence-corrected chi connectivity index (χ3v) is 6.98. The SMILES string of the molecule is CCc1ccc(NC(=O)[C@@H]2CCCCN2S(=O)(=O)c2ccc(Cl)cc2)cc1. The van der Waals surface area contributed by atoms with E-state index in [1.165, 1.54) is 22.0 Å². The molecule has 0 aromatic heterocycles. The number of piperidine rings is 1. The number of anilines is 1. The average molecular weight is 407 g/mol. The summed E-state index contributed by atoms with van der Waals surface area (Å²) in [5.74, 6) is -0.295. The molecule has 0 unspecified atom stereocenters. The number of hydrogen-bond donors (Lipinski definition) is 1. The molecule has 0 bridgehead atoms. The van der Waals surface area contributed by atoms with Crippen molar-refractivity contribution in [3.8, 4) is 0 Å². The van der Waals surface area contributed by atoms with Crippen LogP contribution < -0.4 is 5.32 Å². The van der Waals surface area contributed by atoms with Gasteiger partial charge >= 0.3 is 0 Å². The van der Waals surface area contributed by atoms with Gasteiger partial charge in [-0.15, -0.1) is 0 Å². The summed E-state index contributed by atoms with van der Waals surface area (Å²) in [6.07, 6.45) is 2.98. The van der Waals surface area contributed by atoms with Gasteiger partial charge in [0.15, 0.2) is 0 Å². The van der Waals surface area contributed by atoms with Crippen LogP contribution in [0.5, 0.6) is 0 Å². The molecule has 0 saturated carbocycles. The maximum absolute atomic E-state index is 13.1. The lowest BCUT2D eigenvalue weighted by Crippen LogP contribution is -2.49. The van der Waals surface area contributed by atoms with Gasteiger partial charge in [0.25, 0.3) is 0 Å². The molecule has 1 fully saturated rings. The smallest absolute Gasteiger partial charge is 0.243 e. The standard InChI is InChI=1S/C20H23ClN2O3S/c1-2-15-6-10-17(11-7-15)22-20(24)19-5-3-4-14-23(19)27(25,26)18-12-8-16(21)9-13-18/h6-13,19H,2-5,14H2,1H3,(H,22,24)/t19-/m0/s1. The largest absolute Gasteiger partial charge is 0.325 e. The predicted octanol–water partition coefficient (Wildman–Crippen LogP) is 4.08. The first-order valence-electron chi connectivity index (χ1n) is 9.09. The van der Waals surface area contributed by atoms with Crippen molar-refractivity contribution >= 4 is 33.2 Å². The van der Waals surface area contributed by atoms with Crippen LogP contribution >= 0.6 is 11.6 Å². The number of hydrogen-bond acceptors (Lipinski definition) is 3. The van der Waals surface area contributed by atoms with Crippen LogP contribution in [0.15, 0.2) is 53.4 Å². The number of aryl methyl sites for hydroxylation is 1. The Labute approximate surface area is 165 Å². The molecule has 1 amide bonds. The first kappa shape index (κ1) is 19.9. The quantitative estimate of drug-likeness (QED) is 0.813. The molecule has 7 heteroatoms. The highest BCUT2D eigenvalue weighted by Crippen LogP contribution is 2.27. The minimum Gasteiger partial charge on any atom is -0.325 e. The van der Waals surface area contributed by atoms with Crippen molar-refractivity contribution in [1.82, 2.24) is 4.31 Å². The molecular formula is C20H23ClN2O3S. The summed E-state index contributed by atoms with van der Waals surface area (Å²) >= 11 is 5.87. The first-order valence-corrected chi connectivity index (χ1v) is 10.9. The van der Waals surface area contributed by atoms with Gasteiger partial charge in [-0.2, -0.15) is 4.31 Å². The van der Waals surface area contributed by atoms with Crippen molar-refractivity contribution in [3.05, 3.63) is 59.1 Å². The van der Waals surface area contributed by atoms with E-state index in [-0.39, 0.29) is 10.8 Å². The van der Waals surface area contributed by atoms with Crippen LogP contribution in [0.4, 0.5) is 5.69 Å². The summed E-state index contributed by atoms with van der Waals surface area (Å²) in [6, 6.07) is 12.9. The molecule has 1 N–H and O–H groups in total. The zero-order chi connectivity index (χ0) is 19.4. The molecule has 1 saturated heterocycles. The third-order valence-electron chi connectivity index (χ3n) is 4.81. The van der Waals surface area contributed by atoms with Crippen molar-refractivity contribution in [2.45, 2.75) is 43.5 Å². The van der Waals surface area contributed by atoms with E-state index in [9.17, 15) is 13.2 Å². The summed E-state index contributed by atoms with van der Waals surface area (Å²) in [5.41, 5.74) is 1.85. The van der Waals surface area contributed by atoms with Gasteiger partial charge in [0.2, 0.25) is 15.9 Å². The minimum atomic E-state index is -3.76. The number of halogens is 1. The Balaban J connectivity index is 1.81. The second-order valence-corrected chi connectivity index (χ2v) is 8.95. The summed E-state index contributed by atoms with van der Waals surface area (Å²) in [4.78, 5) is 13.0. The summed E-state index contributed by atoms with van der Waals surface area (Å²) in [5, 5.41) is 3.33. The number of benzene rings is 2. The van der Waals surface area contributed by atoms with Crippen LogP contribution in [-0.4, -0.2) is 31.2 Å². The van der Waals surface area contributed by atoms with Crippen molar-refractivity contribution in [2.24, 2.45) is 0 Å².